The van der Waals surface area contributed by atoms with Crippen LogP contribution in [0.15, 0.2) is 28.7 Å². The predicted octanol–water partition coefficient (Wildman–Crippen LogP) is 1.08. The number of amides is 1. The van der Waals surface area contributed by atoms with Crippen LogP contribution in [0.5, 0.6) is 0 Å². The molecule has 1 atom stereocenters. The Labute approximate surface area is 110 Å². The summed E-state index contributed by atoms with van der Waals surface area (Å²) in [6, 6.07) is 7.41. The number of benzene rings is 1. The zero-order valence-electron chi connectivity index (χ0n) is 9.78. The van der Waals surface area contributed by atoms with E-state index in [4.69, 9.17) is 10.5 Å². The van der Waals surface area contributed by atoms with Gasteiger partial charge in [0.05, 0.1) is 6.61 Å². The topological polar surface area (TPSA) is 64.3 Å². The Morgan fingerprint density at radius 2 is 2.12 bits per heavy atom. The minimum absolute atomic E-state index is 0.177. The molecule has 0 heterocycles. The minimum Gasteiger partial charge on any atom is -0.383 e. The van der Waals surface area contributed by atoms with Gasteiger partial charge in [-0.05, 0) is 24.1 Å². The number of halogens is 1. The molecular weight excluding hydrogens is 284 g/mol. The van der Waals surface area contributed by atoms with Crippen LogP contribution in [-0.2, 0) is 16.0 Å². The van der Waals surface area contributed by atoms with Gasteiger partial charge in [0.1, 0.15) is 6.04 Å². The molecule has 1 rings (SSSR count). The van der Waals surface area contributed by atoms with Crippen molar-refractivity contribution in [3.05, 3.63) is 34.3 Å². The number of hydrogen-bond donors (Lipinski definition) is 2. The summed E-state index contributed by atoms with van der Waals surface area (Å²) in [5, 5.41) is 2.77. The molecule has 17 heavy (non-hydrogen) atoms. The van der Waals surface area contributed by atoms with Gasteiger partial charge >= 0.3 is 0 Å². The van der Waals surface area contributed by atoms with Crippen molar-refractivity contribution in [3.63, 3.8) is 0 Å². The Morgan fingerprint density at radius 3 is 2.71 bits per heavy atom. The Bertz CT molecular complexity index is 354. The van der Waals surface area contributed by atoms with Crippen molar-refractivity contribution >= 4 is 21.8 Å². The fraction of sp³-hybridized carbons (Fsp3) is 0.417. The zero-order chi connectivity index (χ0) is 12.7. The molecule has 0 radical (unpaired) electrons. The molecule has 0 spiro atoms. The molecule has 0 fully saturated rings. The van der Waals surface area contributed by atoms with E-state index in [9.17, 15) is 4.79 Å². The Hall–Kier alpha value is -0.910. The fourth-order valence-corrected chi connectivity index (χ4v) is 1.63. The summed E-state index contributed by atoms with van der Waals surface area (Å²) in [4.78, 5) is 11.5. The summed E-state index contributed by atoms with van der Waals surface area (Å²) < 4.78 is 5.86. The molecule has 1 aromatic carbocycles. The molecular formula is C12H17BrN2O2. The predicted molar refractivity (Wildman–Crippen MR) is 70.7 cm³/mol. The van der Waals surface area contributed by atoms with E-state index in [0.717, 1.165) is 10.9 Å². The van der Waals surface area contributed by atoms with Crippen molar-refractivity contribution in [1.29, 1.82) is 0 Å². The third kappa shape index (κ3) is 5.30. The minimum atomic E-state index is -0.593. The second-order valence-corrected chi connectivity index (χ2v) is 4.65. The Balaban J connectivity index is 2.28. The van der Waals surface area contributed by atoms with Gasteiger partial charge in [0.25, 0.3) is 0 Å². The van der Waals surface area contributed by atoms with E-state index in [1.807, 2.05) is 24.3 Å². The van der Waals surface area contributed by atoms with Crippen molar-refractivity contribution in [2.24, 2.45) is 5.73 Å². The molecule has 0 aliphatic heterocycles. The molecule has 0 saturated carbocycles. The fourth-order valence-electron chi connectivity index (χ4n) is 1.37. The van der Waals surface area contributed by atoms with Crippen LogP contribution in [0.25, 0.3) is 0 Å². The maximum absolute atomic E-state index is 11.5. The highest BCUT2D eigenvalue weighted by molar-refractivity contribution is 9.10. The molecule has 0 aliphatic carbocycles. The van der Waals surface area contributed by atoms with E-state index >= 15 is 0 Å². The highest BCUT2D eigenvalue weighted by atomic mass is 79.9. The number of nitrogens with two attached hydrogens (primary N) is 1. The van der Waals surface area contributed by atoms with Crippen molar-refractivity contribution < 1.29 is 9.53 Å². The third-order valence-corrected chi connectivity index (χ3v) is 2.84. The van der Waals surface area contributed by atoms with Crippen LogP contribution < -0.4 is 11.1 Å². The second kappa shape index (κ2) is 7.42. The average molecular weight is 301 g/mol. The molecule has 94 valence electrons. The normalized spacial score (nSPS) is 12.2. The number of nitrogens with one attached hydrogen (secondary N) is 1. The smallest absolute Gasteiger partial charge is 0.239 e. The summed E-state index contributed by atoms with van der Waals surface area (Å²) >= 11 is 3.37. The lowest BCUT2D eigenvalue weighted by Crippen LogP contribution is -2.44. The lowest BCUT2D eigenvalue weighted by Gasteiger charge is -2.11. The van der Waals surface area contributed by atoms with Crippen molar-refractivity contribution in [2.75, 3.05) is 20.3 Å². The van der Waals surface area contributed by atoms with Gasteiger partial charge in [0, 0.05) is 18.1 Å². The van der Waals surface area contributed by atoms with E-state index in [2.05, 4.69) is 21.2 Å². The van der Waals surface area contributed by atoms with E-state index in [1.165, 1.54) is 12.7 Å². The lowest BCUT2D eigenvalue weighted by atomic mass is 10.1. The van der Waals surface area contributed by atoms with Crippen LogP contribution in [-0.4, -0.2) is 32.2 Å². The maximum Gasteiger partial charge on any atom is 0.239 e. The first-order valence-corrected chi connectivity index (χ1v) is 6.19. The van der Waals surface area contributed by atoms with Crippen LogP contribution in [0.1, 0.15) is 5.56 Å². The van der Waals surface area contributed by atoms with E-state index in [0.29, 0.717) is 6.54 Å². The second-order valence-electron chi connectivity index (χ2n) is 3.73. The molecule has 3 N–H and O–H groups in total. The van der Waals surface area contributed by atoms with Crippen LogP contribution >= 0.6 is 15.9 Å². The number of carbonyl (C=O) groups is 1. The summed E-state index contributed by atoms with van der Waals surface area (Å²) in [7, 11) is 1.52. The van der Waals surface area contributed by atoms with Crippen LogP contribution in [0, 0.1) is 0 Å². The molecule has 1 amide bonds. The van der Waals surface area contributed by atoms with Crippen LogP contribution in [0.2, 0.25) is 0 Å². The molecule has 0 aliphatic rings. The summed E-state index contributed by atoms with van der Waals surface area (Å²) in [6.07, 6.45) is 0.790. The Kier molecular flexibility index (Phi) is 6.18. The van der Waals surface area contributed by atoms with E-state index in [-0.39, 0.29) is 12.5 Å². The first-order chi connectivity index (χ1) is 8.13. The quantitative estimate of drug-likeness (QED) is 0.826. The van der Waals surface area contributed by atoms with E-state index in [1.54, 1.807) is 0 Å². The molecule has 1 unspecified atom stereocenters. The highest BCUT2D eigenvalue weighted by Crippen LogP contribution is 2.10. The van der Waals surface area contributed by atoms with Gasteiger partial charge in [0.2, 0.25) is 5.91 Å². The van der Waals surface area contributed by atoms with Gasteiger partial charge in [-0.15, -0.1) is 0 Å². The van der Waals surface area contributed by atoms with Crippen molar-refractivity contribution in [2.45, 2.75) is 12.5 Å². The van der Waals surface area contributed by atoms with Crippen LogP contribution in [0.3, 0.4) is 0 Å². The molecule has 0 aromatic heterocycles. The summed E-state index contributed by atoms with van der Waals surface area (Å²) in [5.74, 6) is -0.177. The van der Waals surface area contributed by atoms with Gasteiger partial charge in [-0.2, -0.15) is 0 Å². The average Bonchev–Trinajstić information content (AvgIpc) is 2.32. The highest BCUT2D eigenvalue weighted by Gasteiger charge is 2.11. The van der Waals surface area contributed by atoms with Gasteiger partial charge in [-0.1, -0.05) is 28.1 Å². The maximum atomic E-state index is 11.5. The number of ether oxygens (including phenoxy) is 1. The first kappa shape index (κ1) is 14.2. The molecule has 5 heteroatoms. The monoisotopic (exact) mass is 300 g/mol. The van der Waals surface area contributed by atoms with Crippen molar-refractivity contribution in [3.8, 4) is 0 Å². The number of hydrogen-bond acceptors (Lipinski definition) is 3. The zero-order valence-corrected chi connectivity index (χ0v) is 11.4. The standard InChI is InChI=1S/C12H17BrN2O2/c1-17-8-11(14)12(16)15-7-6-9-2-4-10(13)5-3-9/h2-5,11H,6-8,14H2,1H3,(H,15,16). The van der Waals surface area contributed by atoms with Gasteiger partial charge in [-0.3, -0.25) is 4.79 Å². The summed E-state index contributed by atoms with van der Waals surface area (Å²) in [5.41, 5.74) is 6.76. The van der Waals surface area contributed by atoms with Crippen LogP contribution in [0.4, 0.5) is 0 Å². The SMILES string of the molecule is COCC(N)C(=O)NCCc1ccc(Br)cc1. The number of carbonyl (C=O) groups excluding carboxylic acids is 1. The summed E-state index contributed by atoms with van der Waals surface area (Å²) in [6.45, 7) is 0.821. The van der Waals surface area contributed by atoms with E-state index < -0.39 is 6.04 Å². The van der Waals surface area contributed by atoms with Gasteiger partial charge in [-0.25, -0.2) is 0 Å². The van der Waals surface area contributed by atoms with Crippen molar-refractivity contribution in [1.82, 2.24) is 5.32 Å². The number of rotatable bonds is 6. The lowest BCUT2D eigenvalue weighted by molar-refractivity contribution is -0.123. The Morgan fingerprint density at radius 1 is 1.47 bits per heavy atom. The van der Waals surface area contributed by atoms with Gasteiger partial charge in [0.15, 0.2) is 0 Å². The third-order valence-electron chi connectivity index (χ3n) is 2.31. The van der Waals surface area contributed by atoms with Gasteiger partial charge < -0.3 is 15.8 Å². The number of methoxy groups -OCH3 is 1. The largest absolute Gasteiger partial charge is 0.383 e. The molecule has 0 saturated heterocycles. The molecule has 4 nitrogen and oxygen atoms in total. The molecule has 0 bridgehead atoms. The first-order valence-electron chi connectivity index (χ1n) is 5.40. The molecule has 1 aromatic rings.